The molecule has 6 nitrogen and oxygen atoms in total. The molecule has 0 spiro atoms. The van der Waals surface area contributed by atoms with Crippen molar-refractivity contribution in [3.63, 3.8) is 0 Å². The summed E-state index contributed by atoms with van der Waals surface area (Å²) in [5.74, 6) is -1.19. The van der Waals surface area contributed by atoms with Crippen molar-refractivity contribution in [2.24, 2.45) is 5.92 Å². The Bertz CT molecular complexity index is 655. The monoisotopic (exact) mass is 330 g/mol. The highest BCUT2D eigenvalue weighted by Gasteiger charge is 2.43. The van der Waals surface area contributed by atoms with E-state index < -0.39 is 23.7 Å². The fourth-order valence-corrected chi connectivity index (χ4v) is 2.95. The van der Waals surface area contributed by atoms with Gasteiger partial charge in [-0.1, -0.05) is 12.1 Å². The topological polar surface area (TPSA) is 90.6 Å². The minimum atomic E-state index is -1.02. The lowest BCUT2D eigenvalue weighted by Crippen LogP contribution is -2.45. The maximum atomic E-state index is 12.3. The van der Waals surface area contributed by atoms with E-state index in [1.165, 1.54) is 4.90 Å². The Kier molecular flexibility index (Phi) is 5.13. The van der Waals surface area contributed by atoms with Crippen LogP contribution in [0.4, 0.5) is 4.79 Å². The van der Waals surface area contributed by atoms with Gasteiger partial charge < -0.3 is 9.84 Å². The highest BCUT2D eigenvalue weighted by Crippen LogP contribution is 2.29. The molecule has 1 N–H and O–H groups in total. The number of carboxylic acid groups (broad SMARTS) is 1. The van der Waals surface area contributed by atoms with Crippen LogP contribution in [0.25, 0.3) is 0 Å². The maximum Gasteiger partial charge on any atom is 0.411 e. The molecule has 24 heavy (non-hydrogen) atoms. The molecule has 0 saturated carbocycles. The number of carbonyl (C=O) groups is 2. The molecule has 1 aliphatic heterocycles. The Hall–Kier alpha value is -2.55. The standard InChI is InChI=1S/C18H22N2O4/c1-18(2,3)24-17(23)20-9-8-14(15(20)16(21)22)10-12-4-6-13(11-19)7-5-12/h4-7,14-15H,8-10H2,1-3H3,(H,21,22)/t14-,15-/m0/s1. The molecule has 1 aromatic rings. The molecule has 2 atom stereocenters. The van der Waals surface area contributed by atoms with E-state index in [1.807, 2.05) is 12.1 Å². The molecule has 1 fully saturated rings. The molecule has 128 valence electrons. The van der Waals surface area contributed by atoms with E-state index in [-0.39, 0.29) is 5.92 Å². The molecule has 1 aliphatic rings. The van der Waals surface area contributed by atoms with Crippen LogP contribution < -0.4 is 0 Å². The highest BCUT2D eigenvalue weighted by molar-refractivity contribution is 5.81. The van der Waals surface area contributed by atoms with Crippen LogP contribution in [0.5, 0.6) is 0 Å². The van der Waals surface area contributed by atoms with Crippen molar-refractivity contribution < 1.29 is 19.4 Å². The van der Waals surface area contributed by atoms with Crippen LogP contribution in [0.3, 0.4) is 0 Å². The van der Waals surface area contributed by atoms with Crippen LogP contribution in [0, 0.1) is 17.2 Å². The van der Waals surface area contributed by atoms with Crippen molar-refractivity contribution in [1.82, 2.24) is 4.90 Å². The summed E-state index contributed by atoms with van der Waals surface area (Å²) >= 11 is 0. The number of benzene rings is 1. The minimum absolute atomic E-state index is 0.178. The molecule has 0 aromatic heterocycles. The van der Waals surface area contributed by atoms with Crippen LogP contribution in [-0.2, 0) is 16.0 Å². The van der Waals surface area contributed by atoms with Gasteiger partial charge in [0, 0.05) is 6.54 Å². The summed E-state index contributed by atoms with van der Waals surface area (Å²) in [6.45, 7) is 5.63. The van der Waals surface area contributed by atoms with Crippen LogP contribution >= 0.6 is 0 Å². The number of rotatable bonds is 3. The van der Waals surface area contributed by atoms with Gasteiger partial charge in [0.25, 0.3) is 0 Å². The van der Waals surface area contributed by atoms with E-state index in [9.17, 15) is 14.7 Å². The second kappa shape index (κ2) is 6.91. The Morgan fingerprint density at radius 3 is 2.46 bits per heavy atom. The van der Waals surface area contributed by atoms with E-state index in [4.69, 9.17) is 10.00 Å². The fraction of sp³-hybridized carbons (Fsp3) is 0.500. The van der Waals surface area contributed by atoms with Crippen molar-refractivity contribution in [2.45, 2.75) is 45.3 Å². The Morgan fingerprint density at radius 2 is 1.96 bits per heavy atom. The summed E-state index contributed by atoms with van der Waals surface area (Å²) in [5, 5.41) is 18.4. The normalized spacial score (nSPS) is 20.5. The fourth-order valence-electron chi connectivity index (χ4n) is 2.95. The SMILES string of the molecule is CC(C)(C)OC(=O)N1CC[C@@H](Cc2ccc(C#N)cc2)[C@H]1C(=O)O. The van der Waals surface area contributed by atoms with Gasteiger partial charge in [0.2, 0.25) is 0 Å². The molecule has 6 heteroatoms. The number of amides is 1. The second-order valence-corrected chi connectivity index (χ2v) is 7.02. The summed E-state index contributed by atoms with van der Waals surface area (Å²) < 4.78 is 5.32. The molecular formula is C18H22N2O4. The van der Waals surface area contributed by atoms with Crippen molar-refractivity contribution in [3.05, 3.63) is 35.4 Å². The van der Waals surface area contributed by atoms with Gasteiger partial charge in [-0.05, 0) is 57.2 Å². The van der Waals surface area contributed by atoms with E-state index in [1.54, 1.807) is 32.9 Å². The third-order valence-corrected chi connectivity index (χ3v) is 3.99. The quantitative estimate of drug-likeness (QED) is 0.920. The minimum Gasteiger partial charge on any atom is -0.480 e. The summed E-state index contributed by atoms with van der Waals surface area (Å²) in [7, 11) is 0. The molecule has 0 unspecified atom stereocenters. The largest absolute Gasteiger partial charge is 0.480 e. The molecule has 1 saturated heterocycles. The average Bonchev–Trinajstić information content (AvgIpc) is 2.90. The zero-order valence-electron chi connectivity index (χ0n) is 14.2. The lowest BCUT2D eigenvalue weighted by molar-refractivity contribution is -0.143. The van der Waals surface area contributed by atoms with E-state index >= 15 is 0 Å². The first-order valence-corrected chi connectivity index (χ1v) is 7.93. The van der Waals surface area contributed by atoms with Crippen molar-refractivity contribution in [1.29, 1.82) is 5.26 Å². The van der Waals surface area contributed by atoms with Gasteiger partial charge in [-0.2, -0.15) is 5.26 Å². The number of carbonyl (C=O) groups excluding carboxylic acids is 1. The summed E-state index contributed by atoms with van der Waals surface area (Å²) in [5.41, 5.74) is 0.859. The number of aliphatic carboxylic acids is 1. The molecule has 1 amide bonds. The first-order valence-electron chi connectivity index (χ1n) is 7.93. The number of hydrogen-bond acceptors (Lipinski definition) is 4. The van der Waals surface area contributed by atoms with Crippen molar-refractivity contribution >= 4 is 12.1 Å². The van der Waals surface area contributed by atoms with Gasteiger partial charge in [-0.25, -0.2) is 9.59 Å². The number of nitriles is 1. The Labute approximate surface area is 141 Å². The highest BCUT2D eigenvalue weighted by atomic mass is 16.6. The maximum absolute atomic E-state index is 12.3. The predicted molar refractivity (Wildman–Crippen MR) is 87.3 cm³/mol. The molecule has 1 aromatic carbocycles. The molecule has 0 bridgehead atoms. The van der Waals surface area contributed by atoms with E-state index in [0.717, 1.165) is 5.56 Å². The van der Waals surface area contributed by atoms with Gasteiger partial charge in [0.05, 0.1) is 11.6 Å². The van der Waals surface area contributed by atoms with Gasteiger partial charge in [-0.15, -0.1) is 0 Å². The van der Waals surface area contributed by atoms with Crippen molar-refractivity contribution in [2.75, 3.05) is 6.54 Å². The van der Waals surface area contributed by atoms with Crippen LogP contribution in [-0.4, -0.2) is 40.3 Å². The number of nitrogens with zero attached hydrogens (tertiary/aromatic N) is 2. The first kappa shape index (κ1) is 17.8. The number of hydrogen-bond donors (Lipinski definition) is 1. The zero-order chi connectivity index (χ0) is 17.9. The lowest BCUT2D eigenvalue weighted by atomic mass is 9.92. The van der Waals surface area contributed by atoms with E-state index in [0.29, 0.717) is 24.9 Å². The molecular weight excluding hydrogens is 308 g/mol. The number of likely N-dealkylation sites (tertiary alicyclic amines) is 1. The van der Waals surface area contributed by atoms with Gasteiger partial charge >= 0.3 is 12.1 Å². The molecule has 0 radical (unpaired) electrons. The van der Waals surface area contributed by atoms with Gasteiger partial charge in [0.1, 0.15) is 11.6 Å². The Morgan fingerprint density at radius 1 is 1.33 bits per heavy atom. The third-order valence-electron chi connectivity index (χ3n) is 3.99. The molecule has 2 rings (SSSR count). The molecule has 1 heterocycles. The van der Waals surface area contributed by atoms with Crippen LogP contribution in [0.15, 0.2) is 24.3 Å². The molecule has 0 aliphatic carbocycles. The summed E-state index contributed by atoms with van der Waals surface area (Å²) in [6, 6.07) is 8.24. The van der Waals surface area contributed by atoms with E-state index in [2.05, 4.69) is 6.07 Å². The van der Waals surface area contributed by atoms with Crippen LogP contribution in [0.1, 0.15) is 38.3 Å². The van der Waals surface area contributed by atoms with Gasteiger partial charge in [-0.3, -0.25) is 4.90 Å². The zero-order valence-corrected chi connectivity index (χ0v) is 14.2. The smallest absolute Gasteiger partial charge is 0.411 e. The second-order valence-electron chi connectivity index (χ2n) is 7.02. The lowest BCUT2D eigenvalue weighted by Gasteiger charge is -2.28. The average molecular weight is 330 g/mol. The van der Waals surface area contributed by atoms with Crippen LogP contribution in [0.2, 0.25) is 0 Å². The number of ether oxygens (including phenoxy) is 1. The Balaban J connectivity index is 2.12. The van der Waals surface area contributed by atoms with Crippen molar-refractivity contribution in [3.8, 4) is 6.07 Å². The summed E-state index contributed by atoms with van der Waals surface area (Å²) in [4.78, 5) is 25.3. The number of carboxylic acids is 1. The van der Waals surface area contributed by atoms with Gasteiger partial charge in [0.15, 0.2) is 0 Å². The third kappa shape index (κ3) is 4.25. The first-order chi connectivity index (χ1) is 11.2. The predicted octanol–water partition coefficient (Wildman–Crippen LogP) is 2.81. The summed E-state index contributed by atoms with van der Waals surface area (Å²) in [6.07, 6.45) is 0.565.